The lowest BCUT2D eigenvalue weighted by Gasteiger charge is -2.37. The third-order valence-electron chi connectivity index (χ3n) is 4.67. The normalized spacial score (nSPS) is 34.8. The van der Waals surface area contributed by atoms with E-state index in [1.807, 2.05) is 6.92 Å². The molecule has 3 heteroatoms. The molecule has 2 N–H and O–H groups in total. The molecule has 2 saturated carbocycles. The van der Waals surface area contributed by atoms with E-state index in [1.54, 1.807) is 0 Å². The Bertz CT molecular complexity index is 273. The highest BCUT2D eigenvalue weighted by atomic mass is 16.5. The molecule has 0 heterocycles. The van der Waals surface area contributed by atoms with Crippen LogP contribution in [0.3, 0.4) is 0 Å². The van der Waals surface area contributed by atoms with Gasteiger partial charge >= 0.3 is 5.97 Å². The standard InChI is InChI=1S/C14H25NO2/c1-14(9-5-4-8-12(14)15)13(16)17-10-11-6-2-3-7-11/h11-12H,2-10,15H2,1H3. The molecule has 0 aromatic rings. The highest BCUT2D eigenvalue weighted by molar-refractivity contribution is 5.77. The van der Waals surface area contributed by atoms with Crippen molar-refractivity contribution in [3.05, 3.63) is 0 Å². The number of ether oxygens (including phenoxy) is 1. The third kappa shape index (κ3) is 2.82. The number of hydrogen-bond acceptors (Lipinski definition) is 3. The summed E-state index contributed by atoms with van der Waals surface area (Å²) in [5, 5.41) is 0. The Morgan fingerprint density at radius 1 is 1.24 bits per heavy atom. The summed E-state index contributed by atoms with van der Waals surface area (Å²) in [6.45, 7) is 2.59. The van der Waals surface area contributed by atoms with E-state index in [9.17, 15) is 4.79 Å². The highest BCUT2D eigenvalue weighted by Gasteiger charge is 2.42. The minimum absolute atomic E-state index is 0.0210. The fourth-order valence-electron chi connectivity index (χ4n) is 3.15. The van der Waals surface area contributed by atoms with E-state index < -0.39 is 5.41 Å². The average molecular weight is 239 g/mol. The van der Waals surface area contributed by atoms with Gasteiger partial charge in [0.25, 0.3) is 0 Å². The predicted octanol–water partition coefficient (Wildman–Crippen LogP) is 2.63. The van der Waals surface area contributed by atoms with Crippen molar-refractivity contribution in [2.45, 2.75) is 64.3 Å². The number of carbonyl (C=O) groups is 1. The molecular formula is C14H25NO2. The predicted molar refractivity (Wildman–Crippen MR) is 67.5 cm³/mol. The molecule has 0 spiro atoms. The molecule has 0 aromatic carbocycles. The Morgan fingerprint density at radius 2 is 1.88 bits per heavy atom. The lowest BCUT2D eigenvalue weighted by molar-refractivity contribution is -0.159. The van der Waals surface area contributed by atoms with Crippen molar-refractivity contribution in [1.29, 1.82) is 0 Å². The van der Waals surface area contributed by atoms with Crippen LogP contribution in [0, 0.1) is 11.3 Å². The van der Waals surface area contributed by atoms with Gasteiger partial charge in [0.15, 0.2) is 0 Å². The second-order valence-electron chi connectivity index (χ2n) is 6.02. The molecule has 3 nitrogen and oxygen atoms in total. The van der Waals surface area contributed by atoms with E-state index in [4.69, 9.17) is 10.5 Å². The molecule has 0 aliphatic heterocycles. The van der Waals surface area contributed by atoms with Crippen molar-refractivity contribution in [3.63, 3.8) is 0 Å². The number of hydrogen-bond donors (Lipinski definition) is 1. The molecule has 2 aliphatic carbocycles. The second-order valence-corrected chi connectivity index (χ2v) is 6.02. The second kappa shape index (κ2) is 5.38. The molecule has 2 unspecified atom stereocenters. The maximum Gasteiger partial charge on any atom is 0.313 e. The molecule has 0 radical (unpaired) electrons. The molecule has 0 aromatic heterocycles. The van der Waals surface area contributed by atoms with Gasteiger partial charge in [-0.05, 0) is 38.5 Å². The van der Waals surface area contributed by atoms with E-state index >= 15 is 0 Å². The smallest absolute Gasteiger partial charge is 0.313 e. The van der Waals surface area contributed by atoms with Crippen LogP contribution in [0.4, 0.5) is 0 Å². The molecule has 2 rings (SSSR count). The zero-order chi connectivity index (χ0) is 12.3. The fraction of sp³-hybridized carbons (Fsp3) is 0.929. The van der Waals surface area contributed by atoms with Crippen molar-refractivity contribution in [2.24, 2.45) is 17.1 Å². The lowest BCUT2D eigenvalue weighted by atomic mass is 9.72. The van der Waals surface area contributed by atoms with Gasteiger partial charge in [0, 0.05) is 6.04 Å². The highest BCUT2D eigenvalue weighted by Crippen LogP contribution is 2.36. The Balaban J connectivity index is 1.84. The van der Waals surface area contributed by atoms with Crippen molar-refractivity contribution in [3.8, 4) is 0 Å². The number of carbonyl (C=O) groups excluding carboxylic acids is 1. The summed E-state index contributed by atoms with van der Waals surface area (Å²) in [5.41, 5.74) is 5.66. The quantitative estimate of drug-likeness (QED) is 0.770. The topological polar surface area (TPSA) is 52.3 Å². The first kappa shape index (κ1) is 12.9. The summed E-state index contributed by atoms with van der Waals surface area (Å²) in [6.07, 6.45) is 9.10. The summed E-state index contributed by atoms with van der Waals surface area (Å²) in [4.78, 5) is 12.2. The fourth-order valence-corrected chi connectivity index (χ4v) is 3.15. The first-order valence-corrected chi connectivity index (χ1v) is 7.06. The van der Waals surface area contributed by atoms with Crippen LogP contribution in [0.25, 0.3) is 0 Å². The van der Waals surface area contributed by atoms with Crippen molar-refractivity contribution in [1.82, 2.24) is 0 Å². The van der Waals surface area contributed by atoms with Crippen molar-refractivity contribution >= 4 is 5.97 Å². The maximum absolute atomic E-state index is 12.2. The van der Waals surface area contributed by atoms with Gasteiger partial charge in [0.2, 0.25) is 0 Å². The summed E-state index contributed by atoms with van der Waals surface area (Å²) >= 11 is 0. The van der Waals surface area contributed by atoms with E-state index in [1.165, 1.54) is 25.7 Å². The summed E-state index contributed by atoms with van der Waals surface area (Å²) in [5.74, 6) is 0.541. The number of esters is 1. The van der Waals surface area contributed by atoms with E-state index in [0.29, 0.717) is 12.5 Å². The molecule has 0 saturated heterocycles. The molecule has 0 bridgehead atoms. The van der Waals surface area contributed by atoms with Crippen LogP contribution >= 0.6 is 0 Å². The van der Waals surface area contributed by atoms with Gasteiger partial charge < -0.3 is 10.5 Å². The molecule has 0 amide bonds. The average Bonchev–Trinajstić information content (AvgIpc) is 2.83. The van der Waals surface area contributed by atoms with Gasteiger partial charge in [0.05, 0.1) is 12.0 Å². The van der Waals surface area contributed by atoms with E-state index in [-0.39, 0.29) is 12.0 Å². The first-order valence-electron chi connectivity index (χ1n) is 7.06. The number of rotatable bonds is 3. The molecule has 2 aliphatic rings. The Morgan fingerprint density at radius 3 is 2.53 bits per heavy atom. The van der Waals surface area contributed by atoms with Crippen LogP contribution in [-0.4, -0.2) is 18.6 Å². The zero-order valence-electron chi connectivity index (χ0n) is 10.9. The summed E-state index contributed by atoms with van der Waals surface area (Å²) < 4.78 is 5.52. The molecule has 98 valence electrons. The van der Waals surface area contributed by atoms with Crippen LogP contribution in [0.1, 0.15) is 58.3 Å². The molecule has 17 heavy (non-hydrogen) atoms. The van der Waals surface area contributed by atoms with Crippen LogP contribution in [0.2, 0.25) is 0 Å². The Labute approximate surface area is 104 Å². The first-order chi connectivity index (χ1) is 8.13. The van der Waals surface area contributed by atoms with E-state index in [0.717, 1.165) is 25.7 Å². The largest absolute Gasteiger partial charge is 0.465 e. The zero-order valence-corrected chi connectivity index (χ0v) is 10.9. The van der Waals surface area contributed by atoms with Gasteiger partial charge in [-0.25, -0.2) is 0 Å². The molecule has 2 atom stereocenters. The monoisotopic (exact) mass is 239 g/mol. The van der Waals surface area contributed by atoms with Gasteiger partial charge in [-0.15, -0.1) is 0 Å². The van der Waals surface area contributed by atoms with Gasteiger partial charge in [0.1, 0.15) is 0 Å². The van der Waals surface area contributed by atoms with Crippen LogP contribution in [-0.2, 0) is 9.53 Å². The van der Waals surface area contributed by atoms with Crippen molar-refractivity contribution < 1.29 is 9.53 Å². The molecular weight excluding hydrogens is 214 g/mol. The van der Waals surface area contributed by atoms with Crippen LogP contribution in [0.15, 0.2) is 0 Å². The van der Waals surface area contributed by atoms with Crippen molar-refractivity contribution in [2.75, 3.05) is 6.61 Å². The van der Waals surface area contributed by atoms with Crippen LogP contribution < -0.4 is 5.73 Å². The lowest BCUT2D eigenvalue weighted by Crippen LogP contribution is -2.48. The SMILES string of the molecule is CC1(C(=O)OCC2CCCC2)CCCCC1N. The summed E-state index contributed by atoms with van der Waals surface area (Å²) in [6, 6.07) is -0.0210. The minimum Gasteiger partial charge on any atom is -0.465 e. The van der Waals surface area contributed by atoms with Gasteiger partial charge in [-0.2, -0.15) is 0 Å². The third-order valence-corrected chi connectivity index (χ3v) is 4.67. The van der Waals surface area contributed by atoms with Crippen LogP contribution in [0.5, 0.6) is 0 Å². The Kier molecular flexibility index (Phi) is 4.08. The maximum atomic E-state index is 12.2. The summed E-state index contributed by atoms with van der Waals surface area (Å²) in [7, 11) is 0. The van der Waals surface area contributed by atoms with E-state index in [2.05, 4.69) is 0 Å². The van der Waals surface area contributed by atoms with Gasteiger partial charge in [-0.3, -0.25) is 4.79 Å². The minimum atomic E-state index is -0.434. The number of nitrogens with two attached hydrogens (primary N) is 1. The van der Waals surface area contributed by atoms with Gasteiger partial charge in [-0.1, -0.05) is 25.7 Å². The Hall–Kier alpha value is -0.570. The molecule has 2 fully saturated rings.